The van der Waals surface area contributed by atoms with Crippen molar-refractivity contribution in [3.63, 3.8) is 0 Å². The molecule has 1 aromatic rings. The molecule has 1 aliphatic rings. The lowest BCUT2D eigenvalue weighted by molar-refractivity contribution is 0.228. The fraction of sp³-hybridized carbons (Fsp3) is 0.625. The molecule has 1 saturated heterocycles. The molecular weight excluding hydrogens is 252 g/mol. The van der Waals surface area contributed by atoms with Gasteiger partial charge in [0.25, 0.3) is 0 Å². The summed E-state index contributed by atoms with van der Waals surface area (Å²) in [5.74, 6) is 1.77. The van der Waals surface area contributed by atoms with Crippen LogP contribution < -0.4 is 14.8 Å². The number of rotatable bonds is 7. The summed E-state index contributed by atoms with van der Waals surface area (Å²) in [5, 5.41) is 3.50. The van der Waals surface area contributed by atoms with Crippen molar-refractivity contribution < 1.29 is 9.47 Å². The fourth-order valence-corrected chi connectivity index (χ4v) is 2.74. The Bertz CT molecular complexity index is 381. The van der Waals surface area contributed by atoms with Gasteiger partial charge in [0.2, 0.25) is 0 Å². The van der Waals surface area contributed by atoms with Crippen LogP contribution in [-0.4, -0.2) is 45.3 Å². The van der Waals surface area contributed by atoms with E-state index >= 15 is 0 Å². The minimum atomic E-state index is 0.779. The first-order valence-corrected chi connectivity index (χ1v) is 7.48. The molecule has 2 rings (SSSR count). The molecule has 4 nitrogen and oxygen atoms in total. The normalized spacial score (nSPS) is 16.1. The van der Waals surface area contributed by atoms with Gasteiger partial charge in [0.05, 0.1) is 14.2 Å². The van der Waals surface area contributed by atoms with Gasteiger partial charge < -0.3 is 19.7 Å². The predicted molar refractivity (Wildman–Crippen MR) is 81.5 cm³/mol. The van der Waals surface area contributed by atoms with Crippen molar-refractivity contribution in [2.24, 2.45) is 0 Å². The third kappa shape index (κ3) is 4.12. The zero-order chi connectivity index (χ0) is 14.2. The van der Waals surface area contributed by atoms with E-state index in [1.54, 1.807) is 14.2 Å². The molecule has 0 spiro atoms. The molecule has 1 aliphatic heterocycles. The van der Waals surface area contributed by atoms with E-state index in [4.69, 9.17) is 9.47 Å². The maximum absolute atomic E-state index is 5.40. The summed E-state index contributed by atoms with van der Waals surface area (Å²) in [6, 6.07) is 5.91. The largest absolute Gasteiger partial charge is 0.496 e. The summed E-state index contributed by atoms with van der Waals surface area (Å²) >= 11 is 0. The van der Waals surface area contributed by atoms with E-state index in [0.717, 1.165) is 36.7 Å². The van der Waals surface area contributed by atoms with Gasteiger partial charge in [-0.25, -0.2) is 0 Å². The van der Waals surface area contributed by atoms with E-state index in [9.17, 15) is 0 Å². The van der Waals surface area contributed by atoms with Gasteiger partial charge in [0.15, 0.2) is 0 Å². The van der Waals surface area contributed by atoms with Crippen LogP contribution in [0.3, 0.4) is 0 Å². The Balaban J connectivity index is 1.81. The Kier molecular flexibility index (Phi) is 6.15. The van der Waals surface area contributed by atoms with Crippen molar-refractivity contribution in [3.05, 3.63) is 23.8 Å². The van der Waals surface area contributed by atoms with E-state index in [1.807, 2.05) is 18.2 Å². The standard InChI is InChI=1S/C16H26N2O2/c1-19-15-7-6-8-16(20-2)14(15)13-17-9-12-18-10-4-3-5-11-18/h6-8,17H,3-5,9-13H2,1-2H3. The van der Waals surface area contributed by atoms with Gasteiger partial charge >= 0.3 is 0 Å². The van der Waals surface area contributed by atoms with Gasteiger partial charge in [0.1, 0.15) is 11.5 Å². The average molecular weight is 278 g/mol. The van der Waals surface area contributed by atoms with Crippen LogP contribution in [0.5, 0.6) is 11.5 Å². The summed E-state index contributed by atoms with van der Waals surface area (Å²) in [7, 11) is 3.40. The van der Waals surface area contributed by atoms with Crippen LogP contribution in [0.1, 0.15) is 24.8 Å². The SMILES string of the molecule is COc1cccc(OC)c1CNCCN1CCCCC1. The van der Waals surface area contributed by atoms with E-state index in [2.05, 4.69) is 10.2 Å². The number of ether oxygens (including phenoxy) is 2. The minimum absolute atomic E-state index is 0.779. The maximum atomic E-state index is 5.40. The number of hydrogen-bond acceptors (Lipinski definition) is 4. The summed E-state index contributed by atoms with van der Waals surface area (Å²) < 4.78 is 10.8. The third-order valence-corrected chi connectivity index (χ3v) is 3.89. The zero-order valence-corrected chi connectivity index (χ0v) is 12.7. The molecule has 1 N–H and O–H groups in total. The van der Waals surface area contributed by atoms with Crippen LogP contribution in [0, 0.1) is 0 Å². The quantitative estimate of drug-likeness (QED) is 0.776. The van der Waals surface area contributed by atoms with Crippen LogP contribution >= 0.6 is 0 Å². The highest BCUT2D eigenvalue weighted by Crippen LogP contribution is 2.27. The zero-order valence-electron chi connectivity index (χ0n) is 12.7. The van der Waals surface area contributed by atoms with Gasteiger partial charge in [-0.2, -0.15) is 0 Å². The lowest BCUT2D eigenvalue weighted by atomic mass is 10.1. The number of benzene rings is 1. The Labute approximate surface area is 122 Å². The minimum Gasteiger partial charge on any atom is -0.496 e. The van der Waals surface area contributed by atoms with Gasteiger partial charge in [-0.15, -0.1) is 0 Å². The summed E-state index contributed by atoms with van der Waals surface area (Å²) in [6.45, 7) is 5.40. The lowest BCUT2D eigenvalue weighted by Gasteiger charge is -2.26. The van der Waals surface area contributed by atoms with Crippen molar-refractivity contribution in [3.8, 4) is 11.5 Å². The molecule has 0 saturated carbocycles. The first kappa shape index (κ1) is 15.1. The second-order valence-electron chi connectivity index (χ2n) is 5.22. The number of nitrogens with zero attached hydrogens (tertiary/aromatic N) is 1. The number of nitrogens with one attached hydrogen (secondary N) is 1. The van der Waals surface area contributed by atoms with Gasteiger partial charge in [-0.3, -0.25) is 0 Å². The first-order valence-electron chi connectivity index (χ1n) is 7.48. The van der Waals surface area contributed by atoms with E-state index in [-0.39, 0.29) is 0 Å². The number of hydrogen-bond donors (Lipinski definition) is 1. The van der Waals surface area contributed by atoms with E-state index in [0.29, 0.717) is 0 Å². The van der Waals surface area contributed by atoms with Crippen molar-refractivity contribution >= 4 is 0 Å². The van der Waals surface area contributed by atoms with E-state index < -0.39 is 0 Å². The van der Waals surface area contributed by atoms with Crippen LogP contribution in [-0.2, 0) is 6.54 Å². The number of likely N-dealkylation sites (tertiary alicyclic amines) is 1. The van der Waals surface area contributed by atoms with Crippen molar-refractivity contribution in [1.82, 2.24) is 10.2 Å². The number of methoxy groups -OCH3 is 2. The topological polar surface area (TPSA) is 33.7 Å². The monoisotopic (exact) mass is 278 g/mol. The Morgan fingerprint density at radius 1 is 1.05 bits per heavy atom. The Hall–Kier alpha value is -1.26. The van der Waals surface area contributed by atoms with Crippen molar-refractivity contribution in [1.29, 1.82) is 0 Å². The molecule has 20 heavy (non-hydrogen) atoms. The highest BCUT2D eigenvalue weighted by molar-refractivity contribution is 5.44. The Morgan fingerprint density at radius 3 is 2.30 bits per heavy atom. The molecular formula is C16H26N2O2. The molecule has 0 atom stereocenters. The summed E-state index contributed by atoms with van der Waals surface area (Å²) in [4.78, 5) is 2.54. The molecule has 0 unspecified atom stereocenters. The van der Waals surface area contributed by atoms with Crippen LogP contribution in [0.4, 0.5) is 0 Å². The second-order valence-corrected chi connectivity index (χ2v) is 5.22. The predicted octanol–water partition coefficient (Wildman–Crippen LogP) is 2.28. The highest BCUT2D eigenvalue weighted by Gasteiger charge is 2.11. The molecule has 1 fully saturated rings. The third-order valence-electron chi connectivity index (χ3n) is 3.89. The molecule has 0 bridgehead atoms. The Morgan fingerprint density at radius 2 is 1.70 bits per heavy atom. The molecule has 0 aromatic heterocycles. The van der Waals surface area contributed by atoms with Gasteiger partial charge in [0, 0.05) is 25.2 Å². The molecule has 0 amide bonds. The van der Waals surface area contributed by atoms with Crippen LogP contribution in [0.25, 0.3) is 0 Å². The molecule has 0 radical (unpaired) electrons. The van der Waals surface area contributed by atoms with Gasteiger partial charge in [-0.1, -0.05) is 12.5 Å². The molecule has 4 heteroatoms. The lowest BCUT2D eigenvalue weighted by Crippen LogP contribution is -2.35. The molecule has 1 aromatic carbocycles. The summed E-state index contributed by atoms with van der Waals surface area (Å²) in [6.07, 6.45) is 4.09. The van der Waals surface area contributed by atoms with Crippen LogP contribution in [0.15, 0.2) is 18.2 Å². The van der Waals surface area contributed by atoms with Crippen molar-refractivity contribution in [2.45, 2.75) is 25.8 Å². The van der Waals surface area contributed by atoms with E-state index in [1.165, 1.54) is 32.4 Å². The van der Waals surface area contributed by atoms with Crippen molar-refractivity contribution in [2.75, 3.05) is 40.4 Å². The number of piperidine rings is 1. The molecule has 0 aliphatic carbocycles. The van der Waals surface area contributed by atoms with Crippen LogP contribution in [0.2, 0.25) is 0 Å². The highest BCUT2D eigenvalue weighted by atomic mass is 16.5. The smallest absolute Gasteiger partial charge is 0.127 e. The molecule has 1 heterocycles. The summed E-state index contributed by atoms with van der Waals surface area (Å²) in [5.41, 5.74) is 1.09. The first-order chi connectivity index (χ1) is 9.85. The average Bonchev–Trinajstić information content (AvgIpc) is 2.52. The second kappa shape index (κ2) is 8.12. The molecule has 112 valence electrons. The van der Waals surface area contributed by atoms with Gasteiger partial charge in [-0.05, 0) is 38.1 Å². The fourth-order valence-electron chi connectivity index (χ4n) is 2.74. The maximum Gasteiger partial charge on any atom is 0.127 e.